The summed E-state index contributed by atoms with van der Waals surface area (Å²) in [7, 11) is -3.77. The number of nitrogens with one attached hydrogen (secondary N) is 2. The van der Waals surface area contributed by atoms with E-state index in [2.05, 4.69) is 15.3 Å². The Morgan fingerprint density at radius 3 is 2.81 bits per heavy atom. The molecule has 3 heterocycles. The molecule has 2 aromatic carbocycles. The van der Waals surface area contributed by atoms with Crippen molar-refractivity contribution in [2.24, 2.45) is 0 Å². The Morgan fingerprint density at radius 2 is 1.97 bits per heavy atom. The van der Waals surface area contributed by atoms with Crippen molar-refractivity contribution in [2.75, 3.05) is 16.2 Å². The first kappa shape index (κ1) is 19.5. The highest BCUT2D eigenvalue weighted by Gasteiger charge is 2.31. The first-order valence-corrected chi connectivity index (χ1v) is 12.0. The normalized spacial score (nSPS) is 13.2. The maximum Gasteiger partial charge on any atom is 0.264 e. The van der Waals surface area contributed by atoms with Gasteiger partial charge in [-0.15, -0.1) is 11.3 Å². The molecule has 0 unspecified atom stereocenters. The third kappa shape index (κ3) is 3.62. The van der Waals surface area contributed by atoms with Gasteiger partial charge in [0.05, 0.1) is 22.0 Å². The van der Waals surface area contributed by atoms with Gasteiger partial charge in [0.15, 0.2) is 5.13 Å². The number of carbonyl (C=O) groups is 1. The van der Waals surface area contributed by atoms with E-state index < -0.39 is 15.9 Å². The molecule has 7 nitrogen and oxygen atoms in total. The Hall–Kier alpha value is -3.43. The highest BCUT2D eigenvalue weighted by atomic mass is 32.2. The van der Waals surface area contributed by atoms with Crippen molar-refractivity contribution in [1.29, 1.82) is 0 Å². The number of rotatable bonds is 5. The lowest BCUT2D eigenvalue weighted by molar-refractivity contribution is 0.102. The zero-order chi connectivity index (χ0) is 21.4. The fourth-order valence-electron chi connectivity index (χ4n) is 3.60. The van der Waals surface area contributed by atoms with Crippen LogP contribution in [-0.2, 0) is 16.4 Å². The minimum absolute atomic E-state index is 0.0862. The first-order valence-electron chi connectivity index (χ1n) is 9.64. The van der Waals surface area contributed by atoms with Gasteiger partial charge in [0, 0.05) is 23.7 Å². The molecule has 0 bridgehead atoms. The molecule has 0 atom stereocenters. The number of aromatic amines is 1. The summed E-state index contributed by atoms with van der Waals surface area (Å²) < 4.78 is 27.9. The topological polar surface area (TPSA) is 95.2 Å². The number of thiazole rings is 1. The van der Waals surface area contributed by atoms with Crippen molar-refractivity contribution in [3.8, 4) is 11.4 Å². The highest BCUT2D eigenvalue weighted by Crippen LogP contribution is 2.33. The predicted octanol–water partition coefficient (Wildman–Crippen LogP) is 4.14. The number of sulfonamides is 1. The van der Waals surface area contributed by atoms with Crippen LogP contribution in [0.25, 0.3) is 11.4 Å². The number of nitrogens with zero attached hydrogens (tertiary/aromatic N) is 2. The van der Waals surface area contributed by atoms with Crippen molar-refractivity contribution < 1.29 is 13.2 Å². The molecule has 0 saturated carbocycles. The quantitative estimate of drug-likeness (QED) is 0.478. The lowest BCUT2D eigenvalue weighted by Crippen LogP contribution is -2.29. The Balaban J connectivity index is 1.38. The summed E-state index contributed by atoms with van der Waals surface area (Å²) in [5, 5.41) is 5.03. The molecular formula is C22H18N4O3S2. The molecule has 0 aliphatic carbocycles. The highest BCUT2D eigenvalue weighted by molar-refractivity contribution is 7.92. The Morgan fingerprint density at radius 1 is 1.10 bits per heavy atom. The fourth-order valence-corrected chi connectivity index (χ4v) is 5.85. The van der Waals surface area contributed by atoms with E-state index in [1.807, 2.05) is 35.7 Å². The molecule has 0 saturated heterocycles. The van der Waals surface area contributed by atoms with E-state index in [9.17, 15) is 13.2 Å². The molecule has 2 aromatic heterocycles. The van der Waals surface area contributed by atoms with Crippen LogP contribution in [0.15, 0.2) is 77.1 Å². The molecule has 31 heavy (non-hydrogen) atoms. The average Bonchev–Trinajstić information content (AvgIpc) is 3.54. The van der Waals surface area contributed by atoms with Gasteiger partial charge in [-0.05, 0) is 48.4 Å². The Bertz CT molecular complexity index is 1360. The van der Waals surface area contributed by atoms with Crippen molar-refractivity contribution in [3.63, 3.8) is 0 Å². The van der Waals surface area contributed by atoms with Crippen LogP contribution >= 0.6 is 11.3 Å². The van der Waals surface area contributed by atoms with Crippen LogP contribution in [0.2, 0.25) is 0 Å². The molecule has 156 valence electrons. The molecular weight excluding hydrogens is 432 g/mol. The van der Waals surface area contributed by atoms with Crippen LogP contribution in [0.5, 0.6) is 0 Å². The van der Waals surface area contributed by atoms with E-state index in [0.717, 1.165) is 17.0 Å². The molecule has 0 spiro atoms. The lowest BCUT2D eigenvalue weighted by Gasteiger charge is -2.19. The second-order valence-corrected chi connectivity index (χ2v) is 9.78. The summed E-state index contributed by atoms with van der Waals surface area (Å²) >= 11 is 1.30. The molecule has 2 N–H and O–H groups in total. The van der Waals surface area contributed by atoms with Crippen molar-refractivity contribution >= 4 is 38.1 Å². The molecule has 1 aliphatic rings. The largest absolute Gasteiger partial charge is 0.360 e. The second-order valence-electron chi connectivity index (χ2n) is 7.06. The van der Waals surface area contributed by atoms with Gasteiger partial charge in [0.2, 0.25) is 0 Å². The number of aromatic nitrogens is 2. The molecule has 0 radical (unpaired) electrons. The summed E-state index contributed by atoms with van der Waals surface area (Å²) in [5.41, 5.74) is 3.54. The maximum atomic E-state index is 13.2. The third-order valence-corrected chi connectivity index (χ3v) is 7.69. The first-order chi connectivity index (χ1) is 15.0. The minimum atomic E-state index is -3.77. The molecule has 1 amide bonds. The lowest BCUT2D eigenvalue weighted by atomic mass is 10.2. The van der Waals surface area contributed by atoms with E-state index in [0.29, 0.717) is 23.8 Å². The number of hydrogen-bond acceptors (Lipinski definition) is 5. The molecule has 9 heteroatoms. The van der Waals surface area contributed by atoms with Gasteiger partial charge in [-0.25, -0.2) is 13.4 Å². The van der Waals surface area contributed by atoms with Gasteiger partial charge >= 0.3 is 0 Å². The van der Waals surface area contributed by atoms with E-state index in [-0.39, 0.29) is 10.5 Å². The van der Waals surface area contributed by atoms with Crippen LogP contribution in [0.1, 0.15) is 15.9 Å². The standard InChI is InChI=1S/C22H18N4O3S2/c27-21(25-22-24-19(14-30-22)18-8-4-11-23-18)16-6-3-7-17(13-16)31(28,29)26-12-10-15-5-1-2-9-20(15)26/h1-9,11,13-14,23H,10,12H2,(H,24,25,27). The predicted molar refractivity (Wildman–Crippen MR) is 121 cm³/mol. The Kier molecular flexibility index (Phi) is 4.84. The summed E-state index contributed by atoms with van der Waals surface area (Å²) in [4.78, 5) is 20.3. The molecule has 1 aliphatic heterocycles. The number of carbonyl (C=O) groups excluding carboxylic acids is 1. The van der Waals surface area contributed by atoms with Gasteiger partial charge < -0.3 is 4.98 Å². The summed E-state index contributed by atoms with van der Waals surface area (Å²) in [6, 6.07) is 17.3. The number of amides is 1. The number of fused-ring (bicyclic) bond motifs is 1. The zero-order valence-corrected chi connectivity index (χ0v) is 17.9. The number of H-pyrrole nitrogens is 1. The molecule has 4 aromatic rings. The van der Waals surface area contributed by atoms with E-state index in [4.69, 9.17) is 0 Å². The average molecular weight is 451 g/mol. The van der Waals surface area contributed by atoms with Gasteiger partial charge in [-0.2, -0.15) is 0 Å². The minimum Gasteiger partial charge on any atom is -0.360 e. The van der Waals surface area contributed by atoms with Gasteiger partial charge in [0.1, 0.15) is 0 Å². The van der Waals surface area contributed by atoms with E-state index in [1.54, 1.807) is 24.4 Å². The smallest absolute Gasteiger partial charge is 0.264 e. The fraction of sp³-hybridized carbons (Fsp3) is 0.0909. The van der Waals surface area contributed by atoms with Crippen LogP contribution in [0, 0.1) is 0 Å². The van der Waals surface area contributed by atoms with E-state index in [1.165, 1.54) is 27.8 Å². The van der Waals surface area contributed by atoms with Crippen molar-refractivity contribution in [2.45, 2.75) is 11.3 Å². The summed E-state index contributed by atoms with van der Waals surface area (Å²) in [6.07, 6.45) is 2.47. The second kappa shape index (κ2) is 7.68. The van der Waals surface area contributed by atoms with E-state index >= 15 is 0 Å². The van der Waals surface area contributed by atoms with Crippen molar-refractivity contribution in [3.05, 3.63) is 83.4 Å². The third-order valence-electron chi connectivity index (χ3n) is 5.13. The maximum absolute atomic E-state index is 13.2. The number of para-hydroxylation sites is 1. The van der Waals surface area contributed by atoms with Crippen molar-refractivity contribution in [1.82, 2.24) is 9.97 Å². The summed E-state index contributed by atoms with van der Waals surface area (Å²) in [6.45, 7) is 0.388. The van der Waals surface area contributed by atoms with Gasteiger partial charge in [-0.1, -0.05) is 24.3 Å². The van der Waals surface area contributed by atoms with Crippen LogP contribution < -0.4 is 9.62 Å². The number of anilines is 2. The number of hydrogen-bond donors (Lipinski definition) is 2. The Labute approximate surface area is 183 Å². The summed E-state index contributed by atoms with van der Waals surface area (Å²) in [5.74, 6) is -0.411. The zero-order valence-electron chi connectivity index (χ0n) is 16.3. The van der Waals surface area contributed by atoms with Gasteiger partial charge in [-0.3, -0.25) is 14.4 Å². The van der Waals surface area contributed by atoms with Crippen LogP contribution in [0.4, 0.5) is 10.8 Å². The van der Waals surface area contributed by atoms with Crippen LogP contribution in [-0.4, -0.2) is 30.8 Å². The number of benzene rings is 2. The van der Waals surface area contributed by atoms with Gasteiger partial charge in [0.25, 0.3) is 15.9 Å². The molecule has 5 rings (SSSR count). The molecule has 0 fully saturated rings. The SMILES string of the molecule is O=C(Nc1nc(-c2ccc[nH]2)cs1)c1cccc(S(=O)(=O)N2CCc3ccccc32)c1. The van der Waals surface area contributed by atoms with Crippen LogP contribution in [0.3, 0.4) is 0 Å². The monoisotopic (exact) mass is 450 g/mol.